The summed E-state index contributed by atoms with van der Waals surface area (Å²) in [7, 11) is 0.422. The highest BCUT2D eigenvalue weighted by molar-refractivity contribution is 7.57. The lowest BCUT2D eigenvalue weighted by molar-refractivity contribution is 0.847. The van der Waals surface area contributed by atoms with E-state index >= 15 is 0 Å². The van der Waals surface area contributed by atoms with Crippen molar-refractivity contribution in [3.05, 3.63) is 0 Å². The van der Waals surface area contributed by atoms with Gasteiger partial charge in [-0.05, 0) is 44.2 Å². The van der Waals surface area contributed by atoms with Crippen LogP contribution < -0.4 is 0 Å². The summed E-state index contributed by atoms with van der Waals surface area (Å²) in [5.74, 6) is 2.52. The Morgan fingerprint density at radius 1 is 0.722 bits per heavy atom. The highest BCUT2D eigenvalue weighted by atomic mass is 31.1. The van der Waals surface area contributed by atoms with E-state index in [-0.39, 0.29) is 0 Å². The first-order valence-electron chi connectivity index (χ1n) is 7.92. The van der Waals surface area contributed by atoms with Gasteiger partial charge in [0.05, 0.1) is 0 Å². The summed E-state index contributed by atoms with van der Waals surface area (Å²) in [5.41, 5.74) is 0. The van der Waals surface area contributed by atoms with E-state index in [1.807, 2.05) is 0 Å². The van der Waals surface area contributed by atoms with Gasteiger partial charge in [-0.2, -0.15) is 0 Å². The maximum atomic E-state index is 4.89. The van der Waals surface area contributed by atoms with E-state index in [1.54, 1.807) is 18.5 Å². The van der Waals surface area contributed by atoms with Crippen LogP contribution in [-0.4, -0.2) is 18.5 Å². The van der Waals surface area contributed by atoms with Crippen LogP contribution in [0.2, 0.25) is 0 Å². The summed E-state index contributed by atoms with van der Waals surface area (Å²) in [6, 6.07) is 0. The average Bonchev–Trinajstić information content (AvgIpc) is 2.39. The van der Waals surface area contributed by atoms with E-state index in [2.05, 4.69) is 33.6 Å². The minimum Gasteiger partial charge on any atom is -0.120 e. The van der Waals surface area contributed by atoms with Crippen LogP contribution in [-0.2, 0) is 0 Å². The predicted molar refractivity (Wildman–Crippen MR) is 90.0 cm³/mol. The summed E-state index contributed by atoms with van der Waals surface area (Å²) < 4.78 is 0. The topological polar surface area (TPSA) is 0 Å². The largest absolute Gasteiger partial charge is 0.120 e. The van der Waals surface area contributed by atoms with E-state index in [0.717, 1.165) is 12.8 Å². The Balaban J connectivity index is 0. The normalized spacial score (nSPS) is 9.78. The smallest absolute Gasteiger partial charge is 0.00834 e. The molecule has 0 aromatic rings. The van der Waals surface area contributed by atoms with Crippen molar-refractivity contribution in [3.63, 3.8) is 0 Å². The maximum absolute atomic E-state index is 4.89. The monoisotopic (exact) mass is 270 g/mol. The molecular formula is C17H35P. The van der Waals surface area contributed by atoms with Crippen molar-refractivity contribution in [3.8, 4) is 12.3 Å². The molecular weight excluding hydrogens is 235 g/mol. The van der Waals surface area contributed by atoms with Crippen molar-refractivity contribution in [1.82, 2.24) is 0 Å². The van der Waals surface area contributed by atoms with Gasteiger partial charge in [0, 0.05) is 6.42 Å². The lowest BCUT2D eigenvalue weighted by Gasteiger charge is -2.16. The maximum Gasteiger partial charge on any atom is 0.00834 e. The van der Waals surface area contributed by atoms with Crippen molar-refractivity contribution in [2.45, 2.75) is 79.1 Å². The van der Waals surface area contributed by atoms with Crippen LogP contribution in [0.1, 0.15) is 79.1 Å². The van der Waals surface area contributed by atoms with Gasteiger partial charge in [-0.25, -0.2) is 0 Å². The van der Waals surface area contributed by atoms with Crippen LogP contribution in [0.4, 0.5) is 0 Å². The third-order valence-electron chi connectivity index (χ3n) is 2.88. The van der Waals surface area contributed by atoms with Gasteiger partial charge in [0.1, 0.15) is 0 Å². The summed E-state index contributed by atoms with van der Waals surface area (Å²) in [6.45, 7) is 9.01. The lowest BCUT2D eigenvalue weighted by atomic mass is 10.4. The Bertz CT molecular complexity index is 150. The van der Waals surface area contributed by atoms with Gasteiger partial charge in [0.15, 0.2) is 0 Å². The molecule has 0 atom stereocenters. The number of hydrogen-bond acceptors (Lipinski definition) is 0. The molecule has 0 amide bonds. The van der Waals surface area contributed by atoms with Crippen molar-refractivity contribution in [2.24, 2.45) is 0 Å². The number of unbranched alkanes of at least 4 members (excludes halogenated alkanes) is 4. The zero-order valence-corrected chi connectivity index (χ0v) is 14.2. The molecule has 0 saturated heterocycles. The quantitative estimate of drug-likeness (QED) is 0.323. The van der Waals surface area contributed by atoms with Crippen molar-refractivity contribution < 1.29 is 0 Å². The van der Waals surface area contributed by atoms with Crippen LogP contribution in [0.3, 0.4) is 0 Å². The molecule has 0 aliphatic carbocycles. The Kier molecular flexibility index (Phi) is 21.8. The third-order valence-corrected chi connectivity index (χ3v) is 5.72. The van der Waals surface area contributed by atoms with Gasteiger partial charge in [-0.15, -0.1) is 20.3 Å². The van der Waals surface area contributed by atoms with Crippen LogP contribution in [0, 0.1) is 12.3 Å². The van der Waals surface area contributed by atoms with Gasteiger partial charge in [0.25, 0.3) is 0 Å². The molecule has 1 heteroatoms. The zero-order valence-electron chi connectivity index (χ0n) is 13.3. The van der Waals surface area contributed by atoms with Crippen molar-refractivity contribution >= 4 is 7.92 Å². The molecule has 0 unspecified atom stereocenters. The first kappa shape index (κ1) is 20.3. The minimum absolute atomic E-state index is 0.422. The second-order valence-electron chi connectivity index (χ2n) is 4.86. The molecule has 0 radical (unpaired) electrons. The average molecular weight is 270 g/mol. The Hall–Kier alpha value is -0.0100. The lowest BCUT2D eigenvalue weighted by Crippen LogP contribution is -1.95. The molecule has 0 rings (SSSR count). The molecule has 0 heterocycles. The SMILES string of the molecule is C#CCCC.CCCCP(CCCC)CCCC. The second-order valence-corrected chi connectivity index (χ2v) is 7.54. The van der Waals surface area contributed by atoms with Crippen LogP contribution in [0.25, 0.3) is 0 Å². The van der Waals surface area contributed by atoms with Crippen LogP contribution >= 0.6 is 7.92 Å². The fourth-order valence-corrected chi connectivity index (χ4v) is 4.59. The molecule has 0 N–H and O–H groups in total. The summed E-state index contributed by atoms with van der Waals surface area (Å²) >= 11 is 0. The number of terminal acetylenes is 1. The van der Waals surface area contributed by atoms with Gasteiger partial charge in [0.2, 0.25) is 0 Å². The van der Waals surface area contributed by atoms with Crippen LogP contribution in [0.5, 0.6) is 0 Å². The molecule has 18 heavy (non-hydrogen) atoms. The van der Waals surface area contributed by atoms with Gasteiger partial charge in [-0.1, -0.05) is 47.0 Å². The van der Waals surface area contributed by atoms with E-state index in [4.69, 9.17) is 6.42 Å². The second kappa shape index (κ2) is 19.3. The summed E-state index contributed by atoms with van der Waals surface area (Å²) in [4.78, 5) is 0. The van der Waals surface area contributed by atoms with E-state index in [0.29, 0.717) is 7.92 Å². The molecule has 0 aromatic heterocycles. The first-order valence-corrected chi connectivity index (χ1v) is 9.82. The number of rotatable bonds is 10. The van der Waals surface area contributed by atoms with E-state index in [9.17, 15) is 0 Å². The van der Waals surface area contributed by atoms with Crippen LogP contribution in [0.15, 0.2) is 0 Å². The molecule has 0 fully saturated rings. The first-order chi connectivity index (χ1) is 8.76. The zero-order chi connectivity index (χ0) is 14.1. The number of hydrogen-bond donors (Lipinski definition) is 0. The summed E-state index contributed by atoms with van der Waals surface area (Å²) in [5, 5.41) is 0. The van der Waals surface area contributed by atoms with Crippen molar-refractivity contribution in [2.75, 3.05) is 18.5 Å². The molecule has 0 nitrogen and oxygen atoms in total. The molecule has 0 spiro atoms. The Morgan fingerprint density at radius 3 is 1.28 bits per heavy atom. The predicted octanol–water partition coefficient (Wildman–Crippen LogP) is 6.29. The van der Waals surface area contributed by atoms with E-state index in [1.165, 1.54) is 38.5 Å². The van der Waals surface area contributed by atoms with E-state index < -0.39 is 0 Å². The molecule has 0 bridgehead atoms. The molecule has 0 aliphatic rings. The van der Waals surface area contributed by atoms with Gasteiger partial charge in [-0.3, -0.25) is 0 Å². The molecule has 108 valence electrons. The fourth-order valence-electron chi connectivity index (χ4n) is 1.62. The Labute approximate surface area is 118 Å². The molecule has 0 aromatic carbocycles. The fraction of sp³-hybridized carbons (Fsp3) is 0.882. The molecule has 0 saturated carbocycles. The third kappa shape index (κ3) is 18.4. The highest BCUT2D eigenvalue weighted by Crippen LogP contribution is 2.38. The molecule has 0 aliphatic heterocycles. The van der Waals surface area contributed by atoms with Gasteiger partial charge < -0.3 is 0 Å². The minimum atomic E-state index is 0.422. The Morgan fingerprint density at radius 2 is 1.11 bits per heavy atom. The summed E-state index contributed by atoms with van der Waals surface area (Å²) in [6.07, 6.45) is 20.1. The van der Waals surface area contributed by atoms with Gasteiger partial charge >= 0.3 is 0 Å². The standard InChI is InChI=1S/C12H27P.C5H8/c1-4-7-10-13(11-8-5-2)12-9-6-3;1-3-5-4-2/h4-12H2,1-3H3;1H,4-5H2,2H3. The highest BCUT2D eigenvalue weighted by Gasteiger charge is 2.05. The van der Waals surface area contributed by atoms with Crippen molar-refractivity contribution in [1.29, 1.82) is 0 Å².